The molecule has 3 aromatic rings. The molecular formula is C17H18BrNS2. The molecule has 0 radical (unpaired) electrons. The molecule has 0 amide bonds. The summed E-state index contributed by atoms with van der Waals surface area (Å²) in [6, 6.07) is 11.2. The van der Waals surface area contributed by atoms with Crippen molar-refractivity contribution >= 4 is 48.7 Å². The second kappa shape index (κ2) is 7.05. The third kappa shape index (κ3) is 3.39. The lowest BCUT2D eigenvalue weighted by Crippen LogP contribution is -2.23. The average Bonchev–Trinajstić information content (AvgIpc) is 3.10. The van der Waals surface area contributed by atoms with Crippen LogP contribution in [0.4, 0.5) is 0 Å². The van der Waals surface area contributed by atoms with Gasteiger partial charge in [0.15, 0.2) is 0 Å². The van der Waals surface area contributed by atoms with E-state index < -0.39 is 0 Å². The zero-order chi connectivity index (χ0) is 14.7. The Morgan fingerprint density at radius 3 is 2.81 bits per heavy atom. The number of rotatable bonds is 6. The van der Waals surface area contributed by atoms with E-state index >= 15 is 0 Å². The Morgan fingerprint density at radius 2 is 2.05 bits per heavy atom. The van der Waals surface area contributed by atoms with Crippen molar-refractivity contribution in [2.75, 3.05) is 6.54 Å². The lowest BCUT2D eigenvalue weighted by Gasteiger charge is -2.18. The first-order valence-electron chi connectivity index (χ1n) is 7.21. The molecule has 0 aliphatic rings. The van der Waals surface area contributed by atoms with Crippen LogP contribution < -0.4 is 5.32 Å². The molecule has 1 N–H and O–H groups in total. The van der Waals surface area contributed by atoms with E-state index in [4.69, 9.17) is 0 Å². The van der Waals surface area contributed by atoms with Gasteiger partial charge in [-0.25, -0.2) is 0 Å². The third-order valence-corrected chi connectivity index (χ3v) is 6.58. The van der Waals surface area contributed by atoms with Gasteiger partial charge in [0.25, 0.3) is 0 Å². The van der Waals surface area contributed by atoms with E-state index in [0.29, 0.717) is 6.04 Å². The molecule has 21 heavy (non-hydrogen) atoms. The lowest BCUT2D eigenvalue weighted by molar-refractivity contribution is 0.537. The summed E-state index contributed by atoms with van der Waals surface area (Å²) in [5, 5.41) is 9.57. The fourth-order valence-corrected chi connectivity index (χ4v) is 5.24. The van der Waals surface area contributed by atoms with Gasteiger partial charge in [-0.1, -0.05) is 25.1 Å². The molecule has 110 valence electrons. The summed E-state index contributed by atoms with van der Waals surface area (Å²) < 4.78 is 2.60. The molecule has 1 nitrogen and oxygen atoms in total. The molecule has 0 spiro atoms. The molecule has 0 fully saturated rings. The predicted octanol–water partition coefficient (Wildman–Crippen LogP) is 6.01. The monoisotopic (exact) mass is 379 g/mol. The highest BCUT2D eigenvalue weighted by atomic mass is 79.9. The summed E-state index contributed by atoms with van der Waals surface area (Å²) in [4.78, 5) is 1.40. The molecule has 1 unspecified atom stereocenters. The molecule has 1 aromatic carbocycles. The summed E-state index contributed by atoms with van der Waals surface area (Å²) >= 11 is 7.36. The Labute approximate surface area is 142 Å². The van der Waals surface area contributed by atoms with Gasteiger partial charge in [0.2, 0.25) is 0 Å². The van der Waals surface area contributed by atoms with Crippen molar-refractivity contribution in [2.45, 2.75) is 25.8 Å². The first-order valence-corrected chi connectivity index (χ1v) is 9.76. The van der Waals surface area contributed by atoms with E-state index in [9.17, 15) is 0 Å². The highest BCUT2D eigenvalue weighted by molar-refractivity contribution is 9.10. The molecule has 0 aliphatic heterocycles. The maximum absolute atomic E-state index is 3.70. The number of hydrogen-bond donors (Lipinski definition) is 1. The highest BCUT2D eigenvalue weighted by Crippen LogP contribution is 2.34. The molecule has 1 atom stereocenters. The Bertz CT molecular complexity index is 716. The third-order valence-electron chi connectivity index (χ3n) is 3.59. The summed E-state index contributed by atoms with van der Waals surface area (Å²) in [7, 11) is 0. The van der Waals surface area contributed by atoms with Crippen LogP contribution in [0.25, 0.3) is 10.1 Å². The van der Waals surface area contributed by atoms with Crippen molar-refractivity contribution in [1.82, 2.24) is 5.32 Å². The highest BCUT2D eigenvalue weighted by Gasteiger charge is 2.17. The maximum Gasteiger partial charge on any atom is 0.0467 e. The van der Waals surface area contributed by atoms with Crippen molar-refractivity contribution in [2.24, 2.45) is 0 Å². The van der Waals surface area contributed by atoms with E-state index in [0.717, 1.165) is 19.4 Å². The van der Waals surface area contributed by atoms with E-state index in [2.05, 4.69) is 69.3 Å². The van der Waals surface area contributed by atoms with Crippen LogP contribution in [0.5, 0.6) is 0 Å². The smallest absolute Gasteiger partial charge is 0.0467 e. The van der Waals surface area contributed by atoms with Crippen LogP contribution in [0.1, 0.15) is 29.8 Å². The molecule has 3 rings (SSSR count). The van der Waals surface area contributed by atoms with Crippen molar-refractivity contribution in [3.63, 3.8) is 0 Å². The fraction of sp³-hybridized carbons (Fsp3) is 0.294. The van der Waals surface area contributed by atoms with Gasteiger partial charge in [0.05, 0.1) is 0 Å². The van der Waals surface area contributed by atoms with Crippen LogP contribution in [0.3, 0.4) is 0 Å². The zero-order valence-electron chi connectivity index (χ0n) is 11.9. The maximum atomic E-state index is 3.70. The number of hydrogen-bond acceptors (Lipinski definition) is 3. The van der Waals surface area contributed by atoms with E-state index in [-0.39, 0.29) is 0 Å². The van der Waals surface area contributed by atoms with Crippen LogP contribution in [0.2, 0.25) is 0 Å². The number of nitrogens with one attached hydrogen (secondary N) is 1. The first kappa shape index (κ1) is 15.2. The van der Waals surface area contributed by atoms with Crippen LogP contribution in [-0.4, -0.2) is 6.54 Å². The first-order chi connectivity index (χ1) is 10.3. The topological polar surface area (TPSA) is 12.0 Å². The van der Waals surface area contributed by atoms with Crippen LogP contribution in [0, 0.1) is 0 Å². The molecular weight excluding hydrogens is 362 g/mol. The fourth-order valence-electron chi connectivity index (χ4n) is 2.54. The minimum absolute atomic E-state index is 0.386. The quantitative estimate of drug-likeness (QED) is 0.552. The van der Waals surface area contributed by atoms with Crippen molar-refractivity contribution in [3.8, 4) is 0 Å². The lowest BCUT2D eigenvalue weighted by atomic mass is 10.0. The Hall–Kier alpha value is -0.680. The molecule has 0 aliphatic carbocycles. The number of fused-ring (bicyclic) bond motifs is 1. The summed E-state index contributed by atoms with van der Waals surface area (Å²) in [5.74, 6) is 0. The Morgan fingerprint density at radius 1 is 1.19 bits per heavy atom. The standard InChI is InChI=1S/C17H18BrNS2/c1-2-8-19-15(17-14(18)7-9-20-17)10-12-11-21-16-6-4-3-5-13(12)16/h3-7,9,11,15,19H,2,8,10H2,1H3. The average molecular weight is 380 g/mol. The minimum atomic E-state index is 0.386. The summed E-state index contributed by atoms with van der Waals surface area (Å²) in [5.41, 5.74) is 1.45. The van der Waals surface area contributed by atoms with Crippen LogP contribution >= 0.6 is 38.6 Å². The van der Waals surface area contributed by atoms with E-state index in [1.54, 1.807) is 0 Å². The largest absolute Gasteiger partial charge is 0.309 e. The minimum Gasteiger partial charge on any atom is -0.309 e. The van der Waals surface area contributed by atoms with Crippen LogP contribution in [-0.2, 0) is 6.42 Å². The normalized spacial score (nSPS) is 12.9. The second-order valence-corrected chi connectivity index (χ2v) is 7.81. The Kier molecular flexibility index (Phi) is 5.11. The van der Waals surface area contributed by atoms with Crippen LogP contribution in [0.15, 0.2) is 45.6 Å². The van der Waals surface area contributed by atoms with Gasteiger partial charge in [-0.2, -0.15) is 0 Å². The summed E-state index contributed by atoms with van der Waals surface area (Å²) in [6.07, 6.45) is 2.20. The van der Waals surface area contributed by atoms with Crippen molar-refractivity contribution in [3.05, 3.63) is 56.0 Å². The zero-order valence-corrected chi connectivity index (χ0v) is 15.2. The van der Waals surface area contributed by atoms with Gasteiger partial charge < -0.3 is 5.32 Å². The predicted molar refractivity (Wildman–Crippen MR) is 98.6 cm³/mol. The van der Waals surface area contributed by atoms with Crippen molar-refractivity contribution < 1.29 is 0 Å². The molecule has 0 saturated carbocycles. The number of thiophene rings is 2. The van der Waals surface area contributed by atoms with Gasteiger partial charge in [-0.3, -0.25) is 0 Å². The van der Waals surface area contributed by atoms with Crippen molar-refractivity contribution in [1.29, 1.82) is 0 Å². The van der Waals surface area contributed by atoms with Gasteiger partial charge in [0.1, 0.15) is 0 Å². The van der Waals surface area contributed by atoms with Gasteiger partial charge >= 0.3 is 0 Å². The molecule has 0 bridgehead atoms. The molecule has 4 heteroatoms. The second-order valence-electron chi connectivity index (χ2n) is 5.10. The molecule has 2 aromatic heterocycles. The van der Waals surface area contributed by atoms with Gasteiger partial charge in [-0.05, 0) is 69.2 Å². The molecule has 2 heterocycles. The van der Waals surface area contributed by atoms with E-state index in [1.165, 1.54) is 25.0 Å². The number of halogens is 1. The SMILES string of the molecule is CCCNC(Cc1csc2ccccc12)c1sccc1Br. The Balaban J connectivity index is 1.89. The van der Waals surface area contributed by atoms with E-state index in [1.807, 2.05) is 22.7 Å². The number of benzene rings is 1. The van der Waals surface area contributed by atoms with Gasteiger partial charge in [-0.15, -0.1) is 22.7 Å². The van der Waals surface area contributed by atoms with Gasteiger partial charge in [0, 0.05) is 20.1 Å². The molecule has 0 saturated heterocycles. The summed E-state index contributed by atoms with van der Waals surface area (Å²) in [6.45, 7) is 3.27.